The highest BCUT2D eigenvalue weighted by atomic mass is 127. The van der Waals surface area contributed by atoms with Crippen LogP contribution in [0.5, 0.6) is 0 Å². The molecule has 0 spiro atoms. The van der Waals surface area contributed by atoms with Gasteiger partial charge in [-0.1, -0.05) is 12.1 Å². The second kappa shape index (κ2) is 3.87. The first-order valence-electron chi connectivity index (χ1n) is 2.79. The third kappa shape index (κ3) is 1.82. The lowest BCUT2D eigenvalue weighted by Crippen LogP contribution is -1.89. The predicted molar refractivity (Wildman–Crippen MR) is 57.8 cm³/mol. The van der Waals surface area contributed by atoms with Crippen LogP contribution >= 0.6 is 45.2 Å². The fraction of sp³-hybridized carbons (Fsp3) is 0.143. The Kier molecular flexibility index (Phi) is 3.38. The van der Waals surface area contributed by atoms with Gasteiger partial charge in [-0.3, -0.25) is 0 Å². The summed E-state index contributed by atoms with van der Waals surface area (Å²) in [5.74, 6) is 0. The molecule has 1 nitrogen and oxygen atoms in total. The van der Waals surface area contributed by atoms with Crippen LogP contribution in [0.25, 0.3) is 0 Å². The fourth-order valence-electron chi connectivity index (χ4n) is 0.671. The Hall–Kier alpha value is 0.640. The predicted octanol–water partition coefficient (Wildman–Crippen LogP) is 2.39. The van der Waals surface area contributed by atoms with E-state index in [1.54, 1.807) is 0 Å². The van der Waals surface area contributed by atoms with Gasteiger partial charge < -0.3 is 5.11 Å². The molecule has 0 aliphatic heterocycles. The maximum atomic E-state index is 8.83. The van der Waals surface area contributed by atoms with Crippen LogP contribution in [-0.2, 0) is 6.61 Å². The highest BCUT2D eigenvalue weighted by molar-refractivity contribution is 14.1. The summed E-state index contributed by atoms with van der Waals surface area (Å²) in [7, 11) is 0. The van der Waals surface area contributed by atoms with E-state index in [0.29, 0.717) is 0 Å². The van der Waals surface area contributed by atoms with Gasteiger partial charge in [0.2, 0.25) is 0 Å². The van der Waals surface area contributed by atoms with E-state index >= 15 is 0 Å². The van der Waals surface area contributed by atoms with Crippen LogP contribution in [0.4, 0.5) is 0 Å². The second-order valence-corrected chi connectivity index (χ2v) is 4.11. The molecule has 54 valence electrons. The van der Waals surface area contributed by atoms with Gasteiger partial charge in [-0.25, -0.2) is 0 Å². The van der Waals surface area contributed by atoms with Gasteiger partial charge in [-0.2, -0.15) is 0 Å². The zero-order valence-electron chi connectivity index (χ0n) is 5.14. The molecule has 0 bridgehead atoms. The minimum atomic E-state index is 0.134. The van der Waals surface area contributed by atoms with Crippen LogP contribution in [0.1, 0.15) is 5.56 Å². The highest BCUT2D eigenvalue weighted by Gasteiger charge is 1.99. The van der Waals surface area contributed by atoms with Crippen molar-refractivity contribution in [3.63, 3.8) is 0 Å². The standard InChI is InChI=1S/C7H6I2O/c8-6-3-1-2-5(4-10)7(6)9/h1-3,10H,4H2. The topological polar surface area (TPSA) is 20.2 Å². The Morgan fingerprint density at radius 3 is 2.50 bits per heavy atom. The van der Waals surface area contributed by atoms with Gasteiger partial charge in [0, 0.05) is 7.14 Å². The van der Waals surface area contributed by atoms with Crippen LogP contribution in [-0.4, -0.2) is 5.11 Å². The van der Waals surface area contributed by atoms with Crippen LogP contribution < -0.4 is 0 Å². The van der Waals surface area contributed by atoms with Crippen LogP contribution in [0.2, 0.25) is 0 Å². The zero-order chi connectivity index (χ0) is 7.56. The molecule has 1 N–H and O–H groups in total. The molecular formula is C7H6I2O. The van der Waals surface area contributed by atoms with Crippen molar-refractivity contribution in [3.8, 4) is 0 Å². The van der Waals surface area contributed by atoms with Crippen molar-refractivity contribution in [2.24, 2.45) is 0 Å². The van der Waals surface area contributed by atoms with E-state index < -0.39 is 0 Å². The van der Waals surface area contributed by atoms with Crippen molar-refractivity contribution >= 4 is 45.2 Å². The van der Waals surface area contributed by atoms with Crippen molar-refractivity contribution in [3.05, 3.63) is 30.9 Å². The quantitative estimate of drug-likeness (QED) is 0.763. The molecule has 3 heteroatoms. The number of rotatable bonds is 1. The van der Waals surface area contributed by atoms with E-state index in [9.17, 15) is 0 Å². The van der Waals surface area contributed by atoms with Crippen LogP contribution in [0.3, 0.4) is 0 Å². The lowest BCUT2D eigenvalue weighted by Gasteiger charge is -2.00. The largest absolute Gasteiger partial charge is 0.392 e. The van der Waals surface area contributed by atoms with E-state index in [4.69, 9.17) is 5.11 Å². The van der Waals surface area contributed by atoms with Gasteiger partial charge in [-0.05, 0) is 56.8 Å². The Balaban J connectivity index is 3.14. The summed E-state index contributed by atoms with van der Waals surface area (Å²) < 4.78 is 2.35. The molecule has 0 unspecified atom stereocenters. The smallest absolute Gasteiger partial charge is 0.0692 e. The lowest BCUT2D eigenvalue weighted by atomic mass is 10.2. The van der Waals surface area contributed by atoms with Gasteiger partial charge in [0.1, 0.15) is 0 Å². The molecule has 0 aliphatic rings. The summed E-state index contributed by atoms with van der Waals surface area (Å²) in [5, 5.41) is 8.83. The Morgan fingerprint density at radius 1 is 1.30 bits per heavy atom. The van der Waals surface area contributed by atoms with E-state index in [-0.39, 0.29) is 6.61 Å². The van der Waals surface area contributed by atoms with Gasteiger partial charge in [-0.15, -0.1) is 0 Å². The summed E-state index contributed by atoms with van der Waals surface area (Å²) in [5.41, 5.74) is 1.01. The molecule has 1 aromatic carbocycles. The molecule has 0 heterocycles. The van der Waals surface area contributed by atoms with Gasteiger partial charge in [0.15, 0.2) is 0 Å². The first-order chi connectivity index (χ1) is 4.75. The zero-order valence-corrected chi connectivity index (χ0v) is 9.46. The lowest BCUT2D eigenvalue weighted by molar-refractivity contribution is 0.281. The normalized spacial score (nSPS) is 9.90. The second-order valence-electron chi connectivity index (χ2n) is 1.87. The summed E-state index contributed by atoms with van der Waals surface area (Å²) in [6.07, 6.45) is 0. The van der Waals surface area contributed by atoms with Crippen molar-refractivity contribution in [2.45, 2.75) is 6.61 Å². The van der Waals surface area contributed by atoms with E-state index in [2.05, 4.69) is 45.2 Å². The molecule has 0 atom stereocenters. The molecule has 0 saturated carbocycles. The third-order valence-electron chi connectivity index (χ3n) is 1.20. The number of halogens is 2. The molecule has 0 radical (unpaired) electrons. The summed E-state index contributed by atoms with van der Waals surface area (Å²) in [6, 6.07) is 5.92. The van der Waals surface area contributed by atoms with Crippen molar-refractivity contribution < 1.29 is 5.11 Å². The maximum absolute atomic E-state index is 8.83. The molecule has 1 aromatic rings. The van der Waals surface area contributed by atoms with Gasteiger partial charge in [0.05, 0.1) is 6.61 Å². The summed E-state index contributed by atoms with van der Waals surface area (Å²) in [4.78, 5) is 0. The number of aliphatic hydroxyl groups is 1. The number of benzene rings is 1. The first kappa shape index (κ1) is 8.73. The van der Waals surface area contributed by atoms with E-state index in [0.717, 1.165) is 9.13 Å². The Labute approximate surface area is 87.1 Å². The Morgan fingerprint density at radius 2 is 2.00 bits per heavy atom. The molecule has 10 heavy (non-hydrogen) atoms. The average Bonchev–Trinajstić information content (AvgIpc) is 1.95. The van der Waals surface area contributed by atoms with Crippen molar-refractivity contribution in [2.75, 3.05) is 0 Å². The Bertz CT molecular complexity index is 235. The number of aliphatic hydroxyl groups excluding tert-OH is 1. The summed E-state index contributed by atoms with van der Waals surface area (Å²) in [6.45, 7) is 0.134. The van der Waals surface area contributed by atoms with E-state index in [1.807, 2.05) is 18.2 Å². The fourth-order valence-corrected chi connectivity index (χ4v) is 1.75. The number of hydrogen-bond donors (Lipinski definition) is 1. The maximum Gasteiger partial charge on any atom is 0.0692 e. The minimum Gasteiger partial charge on any atom is -0.392 e. The van der Waals surface area contributed by atoms with Crippen molar-refractivity contribution in [1.82, 2.24) is 0 Å². The molecule has 1 rings (SSSR count). The SMILES string of the molecule is OCc1cccc(I)c1I. The molecule has 0 aliphatic carbocycles. The number of hydrogen-bond acceptors (Lipinski definition) is 1. The third-order valence-corrected chi connectivity index (χ3v) is 4.41. The summed E-state index contributed by atoms with van der Waals surface area (Å²) >= 11 is 4.49. The molecule has 0 saturated heterocycles. The van der Waals surface area contributed by atoms with Crippen LogP contribution in [0, 0.1) is 7.14 Å². The van der Waals surface area contributed by atoms with Gasteiger partial charge >= 0.3 is 0 Å². The first-order valence-corrected chi connectivity index (χ1v) is 4.95. The molecule has 0 amide bonds. The molecule has 0 fully saturated rings. The van der Waals surface area contributed by atoms with Crippen molar-refractivity contribution in [1.29, 1.82) is 0 Å². The molecular weight excluding hydrogens is 354 g/mol. The minimum absolute atomic E-state index is 0.134. The molecule has 0 aromatic heterocycles. The van der Waals surface area contributed by atoms with E-state index in [1.165, 1.54) is 3.57 Å². The van der Waals surface area contributed by atoms with Gasteiger partial charge in [0.25, 0.3) is 0 Å². The van der Waals surface area contributed by atoms with Crippen LogP contribution in [0.15, 0.2) is 18.2 Å². The average molecular weight is 360 g/mol. The highest BCUT2D eigenvalue weighted by Crippen LogP contribution is 2.18. The monoisotopic (exact) mass is 360 g/mol.